The maximum absolute atomic E-state index is 10.1. The summed E-state index contributed by atoms with van der Waals surface area (Å²) >= 11 is 1.72. The first-order chi connectivity index (χ1) is 9.49. The van der Waals surface area contributed by atoms with Gasteiger partial charge >= 0.3 is 0 Å². The number of aryl methyl sites for hydroxylation is 1. The fourth-order valence-electron chi connectivity index (χ4n) is 2.29. The normalized spacial score (nSPS) is 14.0. The highest BCUT2D eigenvalue weighted by molar-refractivity contribution is 7.17. The topological polar surface area (TPSA) is 41.5 Å². The molecule has 0 aliphatic heterocycles. The van der Waals surface area contributed by atoms with Gasteiger partial charge in [0.25, 0.3) is 0 Å². The lowest BCUT2D eigenvalue weighted by molar-refractivity contribution is 0.0766. The maximum Gasteiger partial charge on any atom is 0.128 e. The molecule has 118 valence electrons. The van der Waals surface area contributed by atoms with Crippen molar-refractivity contribution in [1.29, 1.82) is 0 Å². The Hall–Kier alpha value is -0.810. The molecule has 0 radical (unpaired) electrons. The van der Waals surface area contributed by atoms with Crippen LogP contribution in [0.15, 0.2) is 23.6 Å². The first kappa shape index (κ1) is 18.2. The standard InChI is InChI=1S/C16H23NO2S.ClH/c1-10(2)17-12(4)13(18)8-19-14-6-5-7-15-16(14)11(3)9-20-15;/h5-7,9-10,12-13,17-18H,8H2,1-4H3;1H. The van der Waals surface area contributed by atoms with Gasteiger partial charge in [0.1, 0.15) is 18.5 Å². The highest BCUT2D eigenvalue weighted by Crippen LogP contribution is 2.33. The lowest BCUT2D eigenvalue weighted by atomic mass is 10.1. The van der Waals surface area contributed by atoms with Gasteiger partial charge in [-0.1, -0.05) is 19.9 Å². The van der Waals surface area contributed by atoms with Crippen LogP contribution in [-0.4, -0.2) is 29.9 Å². The van der Waals surface area contributed by atoms with E-state index in [0.29, 0.717) is 12.6 Å². The Labute approximate surface area is 136 Å². The Kier molecular flexibility index (Phi) is 6.94. The van der Waals surface area contributed by atoms with E-state index in [9.17, 15) is 5.11 Å². The summed E-state index contributed by atoms with van der Waals surface area (Å²) in [5.74, 6) is 0.858. The Bertz CT molecular complexity index is 570. The number of hydrogen-bond acceptors (Lipinski definition) is 4. The molecule has 21 heavy (non-hydrogen) atoms. The smallest absolute Gasteiger partial charge is 0.128 e. The van der Waals surface area contributed by atoms with Crippen molar-refractivity contribution in [2.24, 2.45) is 0 Å². The average Bonchev–Trinajstić information content (AvgIpc) is 2.77. The second-order valence-corrected chi connectivity index (χ2v) is 6.45. The van der Waals surface area contributed by atoms with Crippen molar-refractivity contribution >= 4 is 33.8 Å². The monoisotopic (exact) mass is 329 g/mol. The summed E-state index contributed by atoms with van der Waals surface area (Å²) in [7, 11) is 0. The molecule has 2 rings (SSSR count). The van der Waals surface area contributed by atoms with Gasteiger partial charge in [-0.05, 0) is 36.9 Å². The van der Waals surface area contributed by atoms with E-state index < -0.39 is 6.10 Å². The van der Waals surface area contributed by atoms with Crippen LogP contribution < -0.4 is 10.1 Å². The number of rotatable bonds is 6. The molecule has 5 heteroatoms. The van der Waals surface area contributed by atoms with Crippen LogP contribution in [0.3, 0.4) is 0 Å². The average molecular weight is 330 g/mol. The summed E-state index contributed by atoms with van der Waals surface area (Å²) in [6, 6.07) is 6.42. The Balaban J connectivity index is 0.00000220. The van der Waals surface area contributed by atoms with Gasteiger partial charge in [-0.3, -0.25) is 0 Å². The summed E-state index contributed by atoms with van der Waals surface area (Å²) in [6.45, 7) is 8.50. The third-order valence-electron chi connectivity index (χ3n) is 3.33. The predicted molar refractivity (Wildman–Crippen MR) is 93.0 cm³/mol. The van der Waals surface area contributed by atoms with Gasteiger partial charge in [0.2, 0.25) is 0 Å². The van der Waals surface area contributed by atoms with E-state index in [-0.39, 0.29) is 18.4 Å². The number of aliphatic hydroxyl groups excluding tert-OH is 1. The van der Waals surface area contributed by atoms with Crippen LogP contribution in [0, 0.1) is 6.92 Å². The maximum atomic E-state index is 10.1. The zero-order valence-electron chi connectivity index (χ0n) is 12.9. The molecule has 2 atom stereocenters. The van der Waals surface area contributed by atoms with E-state index in [1.807, 2.05) is 19.1 Å². The zero-order chi connectivity index (χ0) is 14.7. The number of fused-ring (bicyclic) bond motifs is 1. The molecule has 1 aromatic heterocycles. The van der Waals surface area contributed by atoms with Crippen molar-refractivity contribution in [2.45, 2.75) is 45.9 Å². The van der Waals surface area contributed by atoms with Crippen molar-refractivity contribution in [1.82, 2.24) is 5.32 Å². The number of nitrogens with one attached hydrogen (secondary N) is 1. The molecule has 2 N–H and O–H groups in total. The van der Waals surface area contributed by atoms with Crippen molar-refractivity contribution < 1.29 is 9.84 Å². The SMILES string of the molecule is Cc1csc2cccc(OCC(O)C(C)NC(C)C)c12.Cl. The molecule has 2 aromatic rings. The molecule has 0 fully saturated rings. The van der Waals surface area contributed by atoms with Gasteiger partial charge in [0.15, 0.2) is 0 Å². The third-order valence-corrected chi connectivity index (χ3v) is 4.39. The number of halogens is 1. The lowest BCUT2D eigenvalue weighted by Crippen LogP contribution is -2.43. The Morgan fingerprint density at radius 2 is 2.00 bits per heavy atom. The number of benzene rings is 1. The van der Waals surface area contributed by atoms with Crippen molar-refractivity contribution in [3.05, 3.63) is 29.1 Å². The van der Waals surface area contributed by atoms with Gasteiger partial charge in [0.05, 0.1) is 0 Å². The third kappa shape index (κ3) is 4.58. The van der Waals surface area contributed by atoms with E-state index >= 15 is 0 Å². The quantitative estimate of drug-likeness (QED) is 0.848. The van der Waals surface area contributed by atoms with Crippen molar-refractivity contribution in [3.63, 3.8) is 0 Å². The number of ether oxygens (including phenoxy) is 1. The molecule has 3 nitrogen and oxygen atoms in total. The van der Waals surface area contributed by atoms with Crippen molar-refractivity contribution in [2.75, 3.05) is 6.61 Å². The molecule has 0 bridgehead atoms. The summed E-state index contributed by atoms with van der Waals surface area (Å²) in [5, 5.41) is 16.7. The molecule has 0 aliphatic carbocycles. The highest BCUT2D eigenvalue weighted by atomic mass is 35.5. The van der Waals surface area contributed by atoms with Crippen LogP contribution >= 0.6 is 23.7 Å². The lowest BCUT2D eigenvalue weighted by Gasteiger charge is -2.22. The molecule has 2 unspecified atom stereocenters. The summed E-state index contributed by atoms with van der Waals surface area (Å²) < 4.78 is 7.06. The van der Waals surface area contributed by atoms with Crippen LogP contribution in [0.4, 0.5) is 0 Å². The Morgan fingerprint density at radius 3 is 2.67 bits per heavy atom. The first-order valence-corrected chi connectivity index (χ1v) is 7.90. The molecular formula is C16H24ClNO2S. The highest BCUT2D eigenvalue weighted by Gasteiger charge is 2.16. The Morgan fingerprint density at radius 1 is 1.29 bits per heavy atom. The minimum absolute atomic E-state index is 0. The molecular weight excluding hydrogens is 306 g/mol. The zero-order valence-corrected chi connectivity index (χ0v) is 14.6. The first-order valence-electron chi connectivity index (χ1n) is 7.02. The van der Waals surface area contributed by atoms with Gasteiger partial charge in [0, 0.05) is 22.2 Å². The molecule has 0 amide bonds. The number of thiophene rings is 1. The molecule has 0 saturated carbocycles. The van der Waals surface area contributed by atoms with E-state index in [2.05, 4.69) is 37.5 Å². The van der Waals surface area contributed by atoms with Gasteiger partial charge in [-0.15, -0.1) is 23.7 Å². The van der Waals surface area contributed by atoms with Crippen LogP contribution in [0.2, 0.25) is 0 Å². The second kappa shape index (κ2) is 7.99. The summed E-state index contributed by atoms with van der Waals surface area (Å²) in [5.41, 5.74) is 1.23. The molecule has 1 aromatic carbocycles. The van der Waals surface area contributed by atoms with E-state index in [0.717, 1.165) is 11.1 Å². The molecule has 0 saturated heterocycles. The van der Waals surface area contributed by atoms with E-state index in [4.69, 9.17) is 4.74 Å². The summed E-state index contributed by atoms with van der Waals surface area (Å²) in [4.78, 5) is 0. The van der Waals surface area contributed by atoms with Crippen LogP contribution in [-0.2, 0) is 0 Å². The predicted octanol–water partition coefficient (Wildman–Crippen LogP) is 3.76. The number of aliphatic hydroxyl groups is 1. The number of hydrogen-bond donors (Lipinski definition) is 2. The van der Waals surface area contributed by atoms with E-state index in [1.165, 1.54) is 10.3 Å². The summed E-state index contributed by atoms with van der Waals surface area (Å²) in [6.07, 6.45) is -0.522. The fourth-order valence-corrected chi connectivity index (χ4v) is 3.24. The minimum Gasteiger partial charge on any atom is -0.490 e. The largest absolute Gasteiger partial charge is 0.490 e. The minimum atomic E-state index is -0.522. The van der Waals surface area contributed by atoms with Crippen LogP contribution in [0.5, 0.6) is 5.75 Å². The van der Waals surface area contributed by atoms with Crippen LogP contribution in [0.1, 0.15) is 26.3 Å². The van der Waals surface area contributed by atoms with Gasteiger partial charge in [-0.2, -0.15) is 0 Å². The van der Waals surface area contributed by atoms with E-state index in [1.54, 1.807) is 11.3 Å². The molecule has 0 spiro atoms. The molecule has 1 heterocycles. The fraction of sp³-hybridized carbons (Fsp3) is 0.500. The molecule has 0 aliphatic rings. The van der Waals surface area contributed by atoms with Gasteiger partial charge in [-0.25, -0.2) is 0 Å². The van der Waals surface area contributed by atoms with Crippen molar-refractivity contribution in [3.8, 4) is 5.75 Å². The van der Waals surface area contributed by atoms with Gasteiger partial charge < -0.3 is 15.2 Å². The second-order valence-electron chi connectivity index (χ2n) is 5.54. The van der Waals surface area contributed by atoms with Crippen LogP contribution in [0.25, 0.3) is 10.1 Å².